The molecule has 28 heavy (non-hydrogen) atoms. The fourth-order valence-electron chi connectivity index (χ4n) is 3.18. The number of aromatic amines is 1. The van der Waals surface area contributed by atoms with Crippen molar-refractivity contribution in [2.75, 3.05) is 0 Å². The number of hydrogen-bond acceptors (Lipinski definition) is 4. The minimum atomic E-state index is -0.944. The Kier molecular flexibility index (Phi) is 4.49. The summed E-state index contributed by atoms with van der Waals surface area (Å²) in [5.74, 6) is -0.258. The van der Waals surface area contributed by atoms with Crippen LogP contribution in [0.5, 0.6) is 0 Å². The third-order valence-corrected chi connectivity index (χ3v) is 4.65. The summed E-state index contributed by atoms with van der Waals surface area (Å²) < 4.78 is 0. The van der Waals surface area contributed by atoms with Crippen molar-refractivity contribution < 1.29 is 14.7 Å². The molecule has 7 nitrogen and oxygen atoms in total. The first-order valence-electron chi connectivity index (χ1n) is 8.87. The van der Waals surface area contributed by atoms with Gasteiger partial charge >= 0.3 is 5.97 Å². The van der Waals surface area contributed by atoms with Crippen LogP contribution in [0.15, 0.2) is 47.6 Å². The van der Waals surface area contributed by atoms with E-state index in [1.54, 1.807) is 24.3 Å². The second-order valence-electron chi connectivity index (χ2n) is 6.75. The van der Waals surface area contributed by atoms with Gasteiger partial charge in [0, 0.05) is 17.9 Å². The Bertz CT molecular complexity index is 1130. The zero-order valence-electron chi connectivity index (χ0n) is 15.1. The van der Waals surface area contributed by atoms with Crippen LogP contribution >= 0.6 is 0 Å². The first-order chi connectivity index (χ1) is 13.5. The van der Waals surface area contributed by atoms with Crippen LogP contribution in [0.1, 0.15) is 40.7 Å². The molecule has 2 aromatic carbocycles. The number of aromatic carboxylic acids is 1. The molecule has 1 unspecified atom stereocenters. The summed E-state index contributed by atoms with van der Waals surface area (Å²) in [4.78, 5) is 30.2. The largest absolute Gasteiger partial charge is 0.478 e. The number of benzene rings is 2. The van der Waals surface area contributed by atoms with Crippen LogP contribution in [0.4, 0.5) is 0 Å². The van der Waals surface area contributed by atoms with E-state index in [0.29, 0.717) is 12.2 Å². The van der Waals surface area contributed by atoms with E-state index in [1.807, 2.05) is 37.3 Å². The van der Waals surface area contributed by atoms with Gasteiger partial charge in [0.2, 0.25) is 5.91 Å². The molecule has 1 aliphatic rings. The predicted octanol–water partition coefficient (Wildman–Crippen LogP) is 3.29. The maximum absolute atomic E-state index is 11.4. The SMILES string of the molecule is CC1CC(=O)NN=C1c1ccc2nc(C=Cc3ccc(C(=O)O)cc3)[nH]c2c1. The first kappa shape index (κ1) is 17.7. The summed E-state index contributed by atoms with van der Waals surface area (Å²) in [6.07, 6.45) is 4.14. The molecule has 1 aromatic heterocycles. The molecular weight excluding hydrogens is 356 g/mol. The Hall–Kier alpha value is -3.74. The summed E-state index contributed by atoms with van der Waals surface area (Å²) in [6, 6.07) is 12.5. The van der Waals surface area contributed by atoms with Crippen LogP contribution < -0.4 is 5.43 Å². The highest BCUT2D eigenvalue weighted by molar-refractivity contribution is 6.07. The fourth-order valence-corrected chi connectivity index (χ4v) is 3.18. The van der Waals surface area contributed by atoms with Crippen molar-refractivity contribution in [3.63, 3.8) is 0 Å². The van der Waals surface area contributed by atoms with Crippen molar-refractivity contribution in [3.8, 4) is 0 Å². The van der Waals surface area contributed by atoms with Gasteiger partial charge in [-0.15, -0.1) is 0 Å². The van der Waals surface area contributed by atoms with E-state index < -0.39 is 5.97 Å². The summed E-state index contributed by atoms with van der Waals surface area (Å²) in [7, 11) is 0. The number of aromatic nitrogens is 2. The smallest absolute Gasteiger partial charge is 0.335 e. The fraction of sp³-hybridized carbons (Fsp3) is 0.143. The quantitative estimate of drug-likeness (QED) is 0.651. The molecule has 3 aromatic rings. The summed E-state index contributed by atoms with van der Waals surface area (Å²) in [5, 5.41) is 13.1. The van der Waals surface area contributed by atoms with Gasteiger partial charge in [0.05, 0.1) is 22.3 Å². The van der Waals surface area contributed by atoms with E-state index in [0.717, 1.165) is 27.9 Å². The Morgan fingerprint density at radius 2 is 1.96 bits per heavy atom. The second kappa shape index (κ2) is 7.11. The van der Waals surface area contributed by atoms with E-state index >= 15 is 0 Å². The van der Waals surface area contributed by atoms with Crippen LogP contribution in [-0.2, 0) is 4.79 Å². The first-order valence-corrected chi connectivity index (χ1v) is 8.87. The highest BCUT2D eigenvalue weighted by atomic mass is 16.4. The second-order valence-corrected chi connectivity index (χ2v) is 6.75. The van der Waals surface area contributed by atoms with Gasteiger partial charge in [-0.05, 0) is 35.9 Å². The molecular formula is C21H18N4O3. The van der Waals surface area contributed by atoms with Crippen molar-refractivity contribution in [2.24, 2.45) is 11.0 Å². The highest BCUT2D eigenvalue weighted by Gasteiger charge is 2.21. The zero-order valence-corrected chi connectivity index (χ0v) is 15.1. The Labute approximate surface area is 160 Å². The average Bonchev–Trinajstić information content (AvgIpc) is 3.09. The Balaban J connectivity index is 1.58. The summed E-state index contributed by atoms with van der Waals surface area (Å²) in [5.41, 5.74) is 7.19. The molecule has 4 rings (SSSR count). The number of hydrazone groups is 1. The lowest BCUT2D eigenvalue weighted by atomic mass is 9.94. The third kappa shape index (κ3) is 3.55. The van der Waals surface area contributed by atoms with Crippen LogP contribution in [-0.4, -0.2) is 32.7 Å². The van der Waals surface area contributed by atoms with Crippen molar-refractivity contribution in [3.05, 3.63) is 65.0 Å². The molecule has 1 amide bonds. The van der Waals surface area contributed by atoms with Gasteiger partial charge in [-0.2, -0.15) is 5.10 Å². The number of fused-ring (bicyclic) bond motifs is 1. The lowest BCUT2D eigenvalue weighted by Crippen LogP contribution is -2.31. The van der Waals surface area contributed by atoms with Gasteiger partial charge in [0.1, 0.15) is 5.82 Å². The lowest BCUT2D eigenvalue weighted by molar-refractivity contribution is -0.121. The maximum Gasteiger partial charge on any atom is 0.335 e. The number of hydrogen-bond donors (Lipinski definition) is 3. The highest BCUT2D eigenvalue weighted by Crippen LogP contribution is 2.21. The van der Waals surface area contributed by atoms with Crippen LogP contribution in [0, 0.1) is 5.92 Å². The number of nitrogens with zero attached hydrogens (tertiary/aromatic N) is 2. The number of carboxylic acid groups (broad SMARTS) is 1. The molecule has 0 spiro atoms. The molecule has 140 valence electrons. The molecule has 0 saturated heterocycles. The molecule has 0 aliphatic carbocycles. The average molecular weight is 374 g/mol. The normalized spacial score (nSPS) is 17.0. The van der Waals surface area contributed by atoms with Gasteiger partial charge in [0.25, 0.3) is 0 Å². The van der Waals surface area contributed by atoms with E-state index in [9.17, 15) is 9.59 Å². The summed E-state index contributed by atoms with van der Waals surface area (Å²) in [6.45, 7) is 1.98. The van der Waals surface area contributed by atoms with Gasteiger partial charge in [-0.25, -0.2) is 15.2 Å². The van der Waals surface area contributed by atoms with Crippen LogP contribution in [0.3, 0.4) is 0 Å². The van der Waals surface area contributed by atoms with Gasteiger partial charge < -0.3 is 10.1 Å². The zero-order chi connectivity index (χ0) is 19.7. The molecule has 3 N–H and O–H groups in total. The van der Waals surface area contributed by atoms with Gasteiger partial charge in [-0.1, -0.05) is 31.2 Å². The number of rotatable bonds is 4. The van der Waals surface area contributed by atoms with E-state index in [4.69, 9.17) is 5.11 Å². The van der Waals surface area contributed by atoms with Crippen molar-refractivity contribution >= 4 is 40.8 Å². The topological polar surface area (TPSA) is 107 Å². The number of carbonyl (C=O) groups is 2. The minimum absolute atomic E-state index is 0.0576. The van der Waals surface area contributed by atoms with E-state index in [2.05, 4.69) is 20.5 Å². The molecule has 0 fully saturated rings. The molecule has 0 saturated carbocycles. The molecule has 7 heteroatoms. The third-order valence-electron chi connectivity index (χ3n) is 4.65. The monoisotopic (exact) mass is 374 g/mol. The Morgan fingerprint density at radius 1 is 1.18 bits per heavy atom. The van der Waals surface area contributed by atoms with Crippen molar-refractivity contribution in [1.82, 2.24) is 15.4 Å². The standard InChI is InChI=1S/C21H18N4O3/c1-12-10-19(26)24-25-20(12)15-7-8-16-17(11-15)23-18(22-16)9-4-13-2-5-14(6-3-13)21(27)28/h2-9,11-12H,10H2,1H3,(H,22,23)(H,24,26)(H,27,28). The molecule has 2 heterocycles. The molecule has 1 atom stereocenters. The maximum atomic E-state index is 11.4. The number of amides is 1. The number of carboxylic acids is 1. The van der Waals surface area contributed by atoms with E-state index in [-0.39, 0.29) is 17.4 Å². The molecule has 0 radical (unpaired) electrons. The minimum Gasteiger partial charge on any atom is -0.478 e. The number of imidazole rings is 1. The lowest BCUT2D eigenvalue weighted by Gasteiger charge is -2.18. The number of nitrogens with one attached hydrogen (secondary N) is 2. The predicted molar refractivity (Wildman–Crippen MR) is 107 cm³/mol. The van der Waals surface area contributed by atoms with Gasteiger partial charge in [-0.3, -0.25) is 4.79 Å². The number of carbonyl (C=O) groups excluding carboxylic acids is 1. The van der Waals surface area contributed by atoms with Crippen molar-refractivity contribution in [2.45, 2.75) is 13.3 Å². The molecule has 1 aliphatic heterocycles. The van der Waals surface area contributed by atoms with E-state index in [1.165, 1.54) is 0 Å². The number of H-pyrrole nitrogens is 1. The molecule has 0 bridgehead atoms. The Morgan fingerprint density at radius 3 is 2.68 bits per heavy atom. The van der Waals surface area contributed by atoms with Gasteiger partial charge in [0.15, 0.2) is 0 Å². The van der Waals surface area contributed by atoms with Crippen molar-refractivity contribution in [1.29, 1.82) is 0 Å². The van der Waals surface area contributed by atoms with Crippen LogP contribution in [0.25, 0.3) is 23.2 Å². The van der Waals surface area contributed by atoms with Crippen LogP contribution in [0.2, 0.25) is 0 Å². The summed E-state index contributed by atoms with van der Waals surface area (Å²) >= 11 is 0.